The molecule has 0 aromatic rings. The number of carbonyl (C=O) groups excluding carboxylic acids is 2. The summed E-state index contributed by atoms with van der Waals surface area (Å²) < 4.78 is 2.00. The Balaban J connectivity index is 3.85. The molecular formula is C21H41N3O2+2. The van der Waals surface area contributed by atoms with Crippen LogP contribution in [0.3, 0.4) is 0 Å². The van der Waals surface area contributed by atoms with Gasteiger partial charge in [0.25, 0.3) is 0 Å². The zero-order valence-electron chi connectivity index (χ0n) is 17.6. The van der Waals surface area contributed by atoms with Gasteiger partial charge in [-0.3, -0.25) is 9.59 Å². The first-order chi connectivity index (χ1) is 12.1. The summed E-state index contributed by atoms with van der Waals surface area (Å²) in [5, 5.41) is 2.83. The molecule has 0 unspecified atom stereocenters. The summed E-state index contributed by atoms with van der Waals surface area (Å²) in [6, 6.07) is 0. The first-order valence-corrected chi connectivity index (χ1v) is 9.81. The van der Waals surface area contributed by atoms with Gasteiger partial charge in [0.05, 0.1) is 54.4 Å². The van der Waals surface area contributed by atoms with Gasteiger partial charge in [0, 0.05) is 32.2 Å². The number of quaternary nitrogens is 2. The third-order valence-electron chi connectivity index (χ3n) is 4.87. The van der Waals surface area contributed by atoms with Crippen LogP contribution in [-0.2, 0) is 9.59 Å². The highest BCUT2D eigenvalue weighted by molar-refractivity contribution is 5.88. The molecule has 0 saturated carbocycles. The molecule has 0 radical (unpaired) electrons. The summed E-state index contributed by atoms with van der Waals surface area (Å²) in [6.07, 6.45) is 8.82. The average molecular weight is 368 g/mol. The van der Waals surface area contributed by atoms with Gasteiger partial charge in [0.2, 0.25) is 5.91 Å². The topological polar surface area (TPSA) is 46.2 Å². The lowest BCUT2D eigenvalue weighted by Crippen LogP contribution is -2.44. The number of nitrogens with zero attached hydrogens (tertiary/aromatic N) is 2. The van der Waals surface area contributed by atoms with E-state index in [1.807, 2.05) is 0 Å². The van der Waals surface area contributed by atoms with Gasteiger partial charge in [0.1, 0.15) is 0 Å². The van der Waals surface area contributed by atoms with Crippen LogP contribution in [0.15, 0.2) is 25.3 Å². The molecule has 0 saturated heterocycles. The standard InChI is InChI=1S/C21H40N3O2/c1-7-20(25)14-9-10-16-23(3,4)17-11-12-18-24(5,6)19-13-15-22-21(26)8-2/h7-8H,1-2,9-19H2,3-6H3/q+1/p+1. The van der Waals surface area contributed by atoms with Gasteiger partial charge in [-0.1, -0.05) is 13.2 Å². The molecule has 1 N–H and O–H groups in total. The SMILES string of the molecule is C=CC(=O)CCCC[N+](C)(C)CCCC[N+](C)(C)CCCNC(=O)C=C. The Morgan fingerprint density at radius 3 is 1.69 bits per heavy atom. The normalized spacial score (nSPS) is 11.8. The number of hydrogen-bond acceptors (Lipinski definition) is 2. The van der Waals surface area contributed by atoms with Crippen molar-refractivity contribution >= 4 is 11.7 Å². The molecule has 5 nitrogen and oxygen atoms in total. The molecule has 26 heavy (non-hydrogen) atoms. The number of allylic oxidation sites excluding steroid dienone is 1. The first kappa shape index (κ1) is 24.5. The van der Waals surface area contributed by atoms with Crippen LogP contribution in [0.1, 0.15) is 38.5 Å². The van der Waals surface area contributed by atoms with E-state index in [0.29, 0.717) is 13.0 Å². The highest BCUT2D eigenvalue weighted by atomic mass is 16.1. The van der Waals surface area contributed by atoms with Crippen molar-refractivity contribution in [3.8, 4) is 0 Å². The van der Waals surface area contributed by atoms with Crippen molar-refractivity contribution in [2.75, 3.05) is 60.9 Å². The Hall–Kier alpha value is -1.46. The first-order valence-electron chi connectivity index (χ1n) is 9.81. The Labute approximate surface area is 160 Å². The van der Waals surface area contributed by atoms with E-state index in [9.17, 15) is 9.59 Å². The fraction of sp³-hybridized carbons (Fsp3) is 0.714. The van der Waals surface area contributed by atoms with E-state index >= 15 is 0 Å². The van der Waals surface area contributed by atoms with Gasteiger partial charge in [-0.2, -0.15) is 0 Å². The third-order valence-corrected chi connectivity index (χ3v) is 4.87. The number of rotatable bonds is 16. The second-order valence-corrected chi connectivity index (χ2v) is 8.45. The highest BCUT2D eigenvalue weighted by Gasteiger charge is 2.17. The fourth-order valence-electron chi connectivity index (χ4n) is 3.04. The Bertz CT molecular complexity index is 414. The van der Waals surface area contributed by atoms with Crippen LogP contribution >= 0.6 is 0 Å². The van der Waals surface area contributed by atoms with Gasteiger partial charge in [-0.15, -0.1) is 0 Å². The maximum absolute atomic E-state index is 11.2. The molecule has 0 aromatic carbocycles. The second kappa shape index (κ2) is 12.8. The zero-order chi connectivity index (χ0) is 20.1. The minimum atomic E-state index is -0.0934. The van der Waals surface area contributed by atoms with Gasteiger partial charge in [0.15, 0.2) is 5.78 Å². The van der Waals surface area contributed by atoms with Gasteiger partial charge < -0.3 is 14.3 Å². The summed E-state index contributed by atoms with van der Waals surface area (Å²) >= 11 is 0. The van der Waals surface area contributed by atoms with Crippen LogP contribution in [0, 0.1) is 0 Å². The summed E-state index contributed by atoms with van der Waals surface area (Å²) in [5.74, 6) is 0.0588. The number of amides is 1. The largest absolute Gasteiger partial charge is 0.352 e. The molecule has 150 valence electrons. The number of hydrogen-bond donors (Lipinski definition) is 1. The molecule has 0 aliphatic heterocycles. The molecule has 0 spiro atoms. The van der Waals surface area contributed by atoms with Crippen LogP contribution in [0.25, 0.3) is 0 Å². The lowest BCUT2D eigenvalue weighted by atomic mass is 10.1. The van der Waals surface area contributed by atoms with Crippen LogP contribution in [0.5, 0.6) is 0 Å². The van der Waals surface area contributed by atoms with Crippen LogP contribution in [-0.4, -0.2) is 81.6 Å². The minimum Gasteiger partial charge on any atom is -0.352 e. The van der Waals surface area contributed by atoms with Gasteiger partial charge >= 0.3 is 0 Å². The Morgan fingerprint density at radius 2 is 1.23 bits per heavy atom. The molecule has 0 atom stereocenters. The van der Waals surface area contributed by atoms with Crippen molar-refractivity contribution < 1.29 is 18.6 Å². The zero-order valence-corrected chi connectivity index (χ0v) is 17.6. The quantitative estimate of drug-likeness (QED) is 0.259. The van der Waals surface area contributed by atoms with E-state index in [0.717, 1.165) is 47.9 Å². The van der Waals surface area contributed by atoms with E-state index in [2.05, 4.69) is 46.7 Å². The van der Waals surface area contributed by atoms with Crippen LogP contribution in [0.2, 0.25) is 0 Å². The summed E-state index contributed by atoms with van der Waals surface area (Å²) in [5.41, 5.74) is 0. The van der Waals surface area contributed by atoms with Gasteiger partial charge in [-0.05, 0) is 25.0 Å². The number of nitrogens with one attached hydrogen (secondary N) is 1. The molecule has 5 heteroatoms. The Kier molecular flexibility index (Phi) is 12.1. The second-order valence-electron chi connectivity index (χ2n) is 8.45. The van der Waals surface area contributed by atoms with Gasteiger partial charge in [-0.25, -0.2) is 0 Å². The van der Waals surface area contributed by atoms with Crippen molar-refractivity contribution in [1.29, 1.82) is 0 Å². The molecular weight excluding hydrogens is 326 g/mol. The summed E-state index contributed by atoms with van der Waals surface area (Å²) in [6.45, 7) is 12.2. The molecule has 0 fully saturated rings. The maximum Gasteiger partial charge on any atom is 0.243 e. The lowest BCUT2D eigenvalue weighted by Gasteiger charge is -2.32. The molecule has 0 rings (SSSR count). The van der Waals surface area contributed by atoms with E-state index in [1.54, 1.807) is 0 Å². The molecule has 0 aliphatic carbocycles. The van der Waals surface area contributed by atoms with Crippen molar-refractivity contribution in [3.05, 3.63) is 25.3 Å². The summed E-state index contributed by atoms with van der Waals surface area (Å²) in [4.78, 5) is 22.4. The third kappa shape index (κ3) is 13.8. The lowest BCUT2D eigenvalue weighted by molar-refractivity contribution is -0.897. The monoisotopic (exact) mass is 367 g/mol. The van der Waals surface area contributed by atoms with Crippen molar-refractivity contribution in [3.63, 3.8) is 0 Å². The predicted octanol–water partition coefficient (Wildman–Crippen LogP) is 2.54. The van der Waals surface area contributed by atoms with Crippen molar-refractivity contribution in [2.45, 2.75) is 38.5 Å². The molecule has 0 aliphatic rings. The minimum absolute atomic E-state index is 0.0934. The van der Waals surface area contributed by atoms with E-state index in [-0.39, 0.29) is 11.7 Å². The fourth-order valence-corrected chi connectivity index (χ4v) is 3.04. The Morgan fingerprint density at radius 1 is 0.769 bits per heavy atom. The molecule has 1 amide bonds. The highest BCUT2D eigenvalue weighted by Crippen LogP contribution is 2.09. The van der Waals surface area contributed by atoms with Crippen LogP contribution < -0.4 is 5.32 Å². The van der Waals surface area contributed by atoms with E-state index < -0.39 is 0 Å². The number of carbonyl (C=O) groups is 2. The number of ketones is 1. The molecule has 0 heterocycles. The smallest absolute Gasteiger partial charge is 0.243 e. The van der Waals surface area contributed by atoms with E-state index in [1.165, 1.54) is 31.5 Å². The van der Waals surface area contributed by atoms with E-state index in [4.69, 9.17) is 0 Å². The summed E-state index contributed by atoms with van der Waals surface area (Å²) in [7, 11) is 9.06. The predicted molar refractivity (Wildman–Crippen MR) is 110 cm³/mol. The average Bonchev–Trinajstić information content (AvgIpc) is 2.59. The van der Waals surface area contributed by atoms with Crippen molar-refractivity contribution in [1.82, 2.24) is 5.32 Å². The molecule has 0 bridgehead atoms. The van der Waals surface area contributed by atoms with Crippen LogP contribution in [0.4, 0.5) is 0 Å². The molecule has 0 aromatic heterocycles. The van der Waals surface area contributed by atoms with Crippen molar-refractivity contribution in [2.24, 2.45) is 0 Å². The number of unbranched alkanes of at least 4 members (excludes halogenated alkanes) is 2. The maximum atomic E-state index is 11.2.